The summed E-state index contributed by atoms with van der Waals surface area (Å²) in [7, 11) is 0. The van der Waals surface area contributed by atoms with E-state index in [9.17, 15) is 9.59 Å². The number of hydrogen-bond acceptors (Lipinski definition) is 5. The van der Waals surface area contributed by atoms with Gasteiger partial charge < -0.3 is 10.1 Å². The number of nitrogens with one attached hydrogen (secondary N) is 1. The molecule has 0 aliphatic rings. The number of nitrogens with zero attached hydrogens (tertiary/aromatic N) is 3. The average Bonchev–Trinajstić information content (AvgIpc) is 3.08. The highest BCUT2D eigenvalue weighted by Crippen LogP contribution is 2.14. The van der Waals surface area contributed by atoms with Gasteiger partial charge in [0.15, 0.2) is 12.4 Å². The van der Waals surface area contributed by atoms with Crippen LogP contribution < -0.4 is 10.1 Å². The van der Waals surface area contributed by atoms with Gasteiger partial charge in [0.2, 0.25) is 0 Å². The van der Waals surface area contributed by atoms with Crippen LogP contribution in [-0.2, 0) is 11.3 Å². The van der Waals surface area contributed by atoms with E-state index in [2.05, 4.69) is 15.4 Å². The Kier molecular flexibility index (Phi) is 6.06. The molecular weight excluding hydrogens is 308 g/mol. The van der Waals surface area contributed by atoms with Gasteiger partial charge >= 0.3 is 0 Å². The van der Waals surface area contributed by atoms with E-state index in [-0.39, 0.29) is 24.3 Å². The maximum atomic E-state index is 12.0. The molecule has 128 valence electrons. The van der Waals surface area contributed by atoms with Crippen LogP contribution in [0.25, 0.3) is 0 Å². The Labute approximate surface area is 141 Å². The molecule has 1 heterocycles. The van der Waals surface area contributed by atoms with E-state index in [1.165, 1.54) is 6.33 Å². The number of rotatable bonds is 8. The highest BCUT2D eigenvalue weighted by Gasteiger charge is 2.15. The predicted molar refractivity (Wildman–Crippen MR) is 88.8 cm³/mol. The number of ketones is 1. The van der Waals surface area contributed by atoms with Crippen molar-refractivity contribution in [1.82, 2.24) is 20.1 Å². The Morgan fingerprint density at radius 3 is 2.58 bits per heavy atom. The normalized spacial score (nSPS) is 11.8. The quantitative estimate of drug-likeness (QED) is 0.750. The summed E-state index contributed by atoms with van der Waals surface area (Å²) >= 11 is 0. The van der Waals surface area contributed by atoms with Gasteiger partial charge in [-0.05, 0) is 38.1 Å². The lowest BCUT2D eigenvalue weighted by Gasteiger charge is -2.14. The van der Waals surface area contributed by atoms with Crippen LogP contribution in [0.15, 0.2) is 30.6 Å². The van der Waals surface area contributed by atoms with Gasteiger partial charge in [0.05, 0.1) is 6.04 Å². The van der Waals surface area contributed by atoms with Gasteiger partial charge in [-0.3, -0.25) is 9.59 Å². The van der Waals surface area contributed by atoms with Gasteiger partial charge in [0.1, 0.15) is 17.9 Å². The fourth-order valence-corrected chi connectivity index (χ4v) is 2.29. The van der Waals surface area contributed by atoms with Crippen molar-refractivity contribution in [3.8, 4) is 5.75 Å². The first-order chi connectivity index (χ1) is 11.5. The first-order valence-corrected chi connectivity index (χ1v) is 7.98. The van der Waals surface area contributed by atoms with Crippen molar-refractivity contribution in [2.24, 2.45) is 0 Å². The first-order valence-electron chi connectivity index (χ1n) is 7.98. The number of carbonyl (C=O) groups excluding carboxylic acids is 2. The van der Waals surface area contributed by atoms with E-state index >= 15 is 0 Å². The molecule has 0 aliphatic heterocycles. The fourth-order valence-electron chi connectivity index (χ4n) is 2.29. The van der Waals surface area contributed by atoms with Gasteiger partial charge in [-0.1, -0.05) is 6.92 Å². The minimum Gasteiger partial charge on any atom is -0.484 e. The summed E-state index contributed by atoms with van der Waals surface area (Å²) in [5, 5.41) is 6.91. The lowest BCUT2D eigenvalue weighted by atomic mass is 10.1. The van der Waals surface area contributed by atoms with Crippen LogP contribution in [0.2, 0.25) is 0 Å². The van der Waals surface area contributed by atoms with Gasteiger partial charge in [-0.15, -0.1) is 0 Å². The molecular formula is C17H22N4O3. The summed E-state index contributed by atoms with van der Waals surface area (Å²) in [4.78, 5) is 27.7. The van der Waals surface area contributed by atoms with Crippen LogP contribution in [0, 0.1) is 0 Å². The molecule has 24 heavy (non-hydrogen) atoms. The maximum Gasteiger partial charge on any atom is 0.258 e. The molecule has 0 radical (unpaired) electrons. The number of amides is 1. The Hall–Kier alpha value is -2.70. The number of aromatic nitrogens is 3. The zero-order valence-corrected chi connectivity index (χ0v) is 14.2. The van der Waals surface area contributed by atoms with Gasteiger partial charge in [-0.2, -0.15) is 5.10 Å². The van der Waals surface area contributed by atoms with Crippen molar-refractivity contribution in [3.05, 3.63) is 42.0 Å². The smallest absolute Gasteiger partial charge is 0.258 e. The topological polar surface area (TPSA) is 86.1 Å². The molecule has 0 saturated carbocycles. The average molecular weight is 330 g/mol. The second-order valence-corrected chi connectivity index (χ2v) is 5.31. The molecule has 7 nitrogen and oxygen atoms in total. The summed E-state index contributed by atoms with van der Waals surface area (Å²) in [5.41, 5.74) is 0.641. The molecule has 0 unspecified atom stereocenters. The molecule has 0 bridgehead atoms. The van der Waals surface area contributed by atoms with E-state index in [1.807, 2.05) is 20.8 Å². The van der Waals surface area contributed by atoms with Gasteiger partial charge in [-0.25, -0.2) is 9.67 Å². The minimum atomic E-state index is -0.256. The summed E-state index contributed by atoms with van der Waals surface area (Å²) in [6, 6.07) is 6.52. The van der Waals surface area contributed by atoms with E-state index in [0.29, 0.717) is 30.1 Å². The zero-order chi connectivity index (χ0) is 17.5. The molecule has 1 amide bonds. The largest absolute Gasteiger partial charge is 0.484 e. The number of aryl methyl sites for hydroxylation is 1. The molecule has 2 aromatic rings. The lowest BCUT2D eigenvalue weighted by molar-refractivity contribution is -0.123. The number of carbonyl (C=O) groups is 2. The molecule has 1 aromatic heterocycles. The number of benzene rings is 1. The SMILES string of the molecule is CCC(=O)c1ccc(OCC(=O)N[C@H](C)c2ncnn2CC)cc1. The zero-order valence-electron chi connectivity index (χ0n) is 14.2. The predicted octanol–water partition coefficient (Wildman–Crippen LogP) is 2.15. The van der Waals surface area contributed by atoms with Crippen molar-refractivity contribution in [1.29, 1.82) is 0 Å². The van der Waals surface area contributed by atoms with Crippen LogP contribution in [-0.4, -0.2) is 33.1 Å². The second-order valence-electron chi connectivity index (χ2n) is 5.31. The molecule has 1 aromatic carbocycles. The molecule has 1 N–H and O–H groups in total. The number of hydrogen-bond donors (Lipinski definition) is 1. The maximum absolute atomic E-state index is 12.0. The summed E-state index contributed by atoms with van der Waals surface area (Å²) in [6.07, 6.45) is 1.93. The number of ether oxygens (including phenoxy) is 1. The van der Waals surface area contributed by atoms with Gasteiger partial charge in [0, 0.05) is 18.5 Å². The minimum absolute atomic E-state index is 0.0770. The monoisotopic (exact) mass is 330 g/mol. The third kappa shape index (κ3) is 4.41. The molecule has 2 rings (SSSR count). The molecule has 0 spiro atoms. The van der Waals surface area contributed by atoms with Crippen molar-refractivity contribution in [2.45, 2.75) is 39.8 Å². The van der Waals surface area contributed by atoms with Crippen molar-refractivity contribution in [3.63, 3.8) is 0 Å². The highest BCUT2D eigenvalue weighted by molar-refractivity contribution is 5.95. The van der Waals surface area contributed by atoms with E-state index in [0.717, 1.165) is 0 Å². The Morgan fingerprint density at radius 2 is 1.96 bits per heavy atom. The number of Topliss-reactive ketones (excluding diaryl/α,β-unsaturated/α-hetero) is 1. The summed E-state index contributed by atoms with van der Waals surface area (Å²) in [6.45, 7) is 6.21. The van der Waals surface area contributed by atoms with Crippen LogP contribution in [0.4, 0.5) is 0 Å². The van der Waals surface area contributed by atoms with E-state index < -0.39 is 0 Å². The summed E-state index contributed by atoms with van der Waals surface area (Å²) in [5.74, 6) is 1.07. The standard InChI is InChI=1S/C17H22N4O3/c1-4-15(22)13-6-8-14(9-7-13)24-10-16(23)20-12(3)17-18-11-19-21(17)5-2/h6-9,11-12H,4-5,10H2,1-3H3,(H,20,23)/t12-/m1/s1. The van der Waals surface area contributed by atoms with Crippen LogP contribution in [0.5, 0.6) is 5.75 Å². The van der Waals surface area contributed by atoms with Gasteiger partial charge in [0.25, 0.3) is 5.91 Å². The molecule has 7 heteroatoms. The van der Waals surface area contributed by atoms with E-state index in [1.54, 1.807) is 28.9 Å². The molecule has 0 fully saturated rings. The Bertz CT molecular complexity index is 694. The van der Waals surface area contributed by atoms with Crippen LogP contribution >= 0.6 is 0 Å². The highest BCUT2D eigenvalue weighted by atomic mass is 16.5. The third-order valence-electron chi connectivity index (χ3n) is 3.58. The summed E-state index contributed by atoms with van der Waals surface area (Å²) < 4.78 is 7.18. The third-order valence-corrected chi connectivity index (χ3v) is 3.58. The lowest BCUT2D eigenvalue weighted by Crippen LogP contribution is -2.32. The Morgan fingerprint density at radius 1 is 1.25 bits per heavy atom. The first kappa shape index (κ1) is 17.7. The Balaban J connectivity index is 1.85. The van der Waals surface area contributed by atoms with Crippen molar-refractivity contribution in [2.75, 3.05) is 6.61 Å². The molecule has 1 atom stereocenters. The second kappa shape index (κ2) is 8.24. The van der Waals surface area contributed by atoms with Crippen LogP contribution in [0.1, 0.15) is 49.4 Å². The van der Waals surface area contributed by atoms with Crippen LogP contribution in [0.3, 0.4) is 0 Å². The van der Waals surface area contributed by atoms with E-state index in [4.69, 9.17) is 4.74 Å². The van der Waals surface area contributed by atoms with Crippen molar-refractivity contribution >= 4 is 11.7 Å². The fraction of sp³-hybridized carbons (Fsp3) is 0.412. The van der Waals surface area contributed by atoms with Crippen molar-refractivity contribution < 1.29 is 14.3 Å². The molecule has 0 aliphatic carbocycles. The molecule has 0 saturated heterocycles.